The maximum atomic E-state index is 14.2. The zero-order valence-corrected chi connectivity index (χ0v) is 14.3. The average molecular weight is 385 g/mol. The standard InChI is InChI=1S/C13H18FO5PSe/c1-16-20(15,17-2)9-19-13-12(11(14)8-18-13)21-10-6-4-3-5-7-10/h3-7,11-13H,8-9H2,1-2H3/t11-,12+,13-/m1/s1/i8T/t8-,11+,12-,13+/m0. The Morgan fingerprint density at radius 1 is 1.43 bits per heavy atom. The van der Waals surface area contributed by atoms with Gasteiger partial charge in [-0.25, -0.2) is 0 Å². The van der Waals surface area contributed by atoms with Crippen LogP contribution in [0.25, 0.3) is 0 Å². The van der Waals surface area contributed by atoms with Gasteiger partial charge in [0.05, 0.1) is 0 Å². The molecule has 8 heteroatoms. The van der Waals surface area contributed by atoms with Crippen LogP contribution in [0, 0.1) is 0 Å². The second-order valence-corrected chi connectivity index (χ2v) is 9.09. The summed E-state index contributed by atoms with van der Waals surface area (Å²) in [6.07, 6.45) is -2.73. The average Bonchev–Trinajstić information content (AvgIpc) is 2.81. The molecule has 1 saturated heterocycles. The first kappa shape index (κ1) is 15.6. The molecule has 5 nitrogen and oxygen atoms in total. The molecule has 1 heterocycles. The Labute approximate surface area is 131 Å². The maximum absolute atomic E-state index is 14.2. The van der Waals surface area contributed by atoms with Crippen molar-refractivity contribution in [2.45, 2.75) is 17.3 Å². The van der Waals surface area contributed by atoms with Crippen molar-refractivity contribution in [2.24, 2.45) is 0 Å². The Bertz CT molecular complexity index is 514. The van der Waals surface area contributed by atoms with Gasteiger partial charge in [0.15, 0.2) is 0 Å². The summed E-state index contributed by atoms with van der Waals surface area (Å²) in [5.41, 5.74) is 0. The Hall–Kier alpha value is -0.261. The molecule has 0 bridgehead atoms. The minimum atomic E-state index is -3.36. The van der Waals surface area contributed by atoms with Crippen molar-refractivity contribution in [3.8, 4) is 0 Å². The van der Waals surface area contributed by atoms with Crippen molar-refractivity contribution in [1.82, 2.24) is 0 Å². The van der Waals surface area contributed by atoms with Crippen molar-refractivity contribution in [3.05, 3.63) is 30.3 Å². The van der Waals surface area contributed by atoms with Gasteiger partial charge in [-0.3, -0.25) is 0 Å². The molecule has 0 amide bonds. The van der Waals surface area contributed by atoms with Crippen molar-refractivity contribution >= 4 is 27.0 Å². The number of hydrogen-bond acceptors (Lipinski definition) is 5. The Kier molecular flexibility index (Phi) is 5.83. The molecule has 1 aliphatic heterocycles. The third kappa shape index (κ3) is 4.60. The van der Waals surface area contributed by atoms with Crippen LogP contribution in [0.2, 0.25) is 4.82 Å². The molecule has 1 aliphatic rings. The van der Waals surface area contributed by atoms with Crippen LogP contribution in [0.4, 0.5) is 4.39 Å². The normalized spacial score (nSPS) is 30.3. The molecule has 0 unspecified atom stereocenters. The SMILES string of the molecule is [3H][C@@H]1O[C@H](OCP(=O)(OC)OC)[C@@H]([Se]c2ccccc2)[C@@H]1F. The fourth-order valence-corrected chi connectivity index (χ4v) is 4.66. The van der Waals surface area contributed by atoms with Crippen molar-refractivity contribution in [3.63, 3.8) is 0 Å². The van der Waals surface area contributed by atoms with Gasteiger partial charge in [-0.05, 0) is 0 Å². The van der Waals surface area contributed by atoms with Crippen LogP contribution in [-0.4, -0.2) is 54.6 Å². The van der Waals surface area contributed by atoms with Gasteiger partial charge in [-0.15, -0.1) is 0 Å². The van der Waals surface area contributed by atoms with E-state index in [1.807, 2.05) is 30.3 Å². The van der Waals surface area contributed by atoms with Crippen LogP contribution in [0.5, 0.6) is 0 Å². The predicted octanol–water partition coefficient (Wildman–Crippen LogP) is 1.96. The van der Waals surface area contributed by atoms with Gasteiger partial charge in [0.2, 0.25) is 0 Å². The van der Waals surface area contributed by atoms with Crippen molar-refractivity contribution in [1.29, 1.82) is 0 Å². The second kappa shape index (κ2) is 7.84. The summed E-state index contributed by atoms with van der Waals surface area (Å²) in [4.78, 5) is -0.584. The zero-order chi connectivity index (χ0) is 16.2. The van der Waals surface area contributed by atoms with Crippen molar-refractivity contribution < 1.29 is 28.8 Å². The monoisotopic (exact) mass is 386 g/mol. The second-order valence-electron chi connectivity index (χ2n) is 4.25. The fourth-order valence-electron chi connectivity index (χ4n) is 1.71. The van der Waals surface area contributed by atoms with E-state index < -0.39 is 31.5 Å². The topological polar surface area (TPSA) is 54.0 Å². The molecule has 21 heavy (non-hydrogen) atoms. The summed E-state index contributed by atoms with van der Waals surface area (Å²) >= 11 is -0.273. The Morgan fingerprint density at radius 2 is 2.10 bits per heavy atom. The Balaban J connectivity index is 2.03. The molecular formula is C13H18FO5PSe. The van der Waals surface area contributed by atoms with E-state index in [9.17, 15) is 8.96 Å². The molecule has 2 rings (SSSR count). The molecule has 0 N–H and O–H groups in total. The minimum absolute atomic E-state index is 0.273. The molecule has 4 atom stereocenters. The van der Waals surface area contributed by atoms with Crippen LogP contribution in [-0.2, 0) is 23.1 Å². The van der Waals surface area contributed by atoms with E-state index in [1.54, 1.807) is 0 Å². The first-order chi connectivity index (χ1) is 10.5. The van der Waals surface area contributed by atoms with E-state index in [2.05, 4.69) is 0 Å². The molecule has 0 aliphatic carbocycles. The summed E-state index contributed by atoms with van der Waals surface area (Å²) in [5, 5.41) is 0. The quantitative estimate of drug-likeness (QED) is 0.531. The molecule has 1 aromatic rings. The summed E-state index contributed by atoms with van der Waals surface area (Å²) in [7, 11) is -0.861. The van der Waals surface area contributed by atoms with Crippen LogP contribution in [0.1, 0.15) is 1.37 Å². The molecule has 1 aromatic carbocycles. The first-order valence-corrected chi connectivity index (χ1v) is 9.82. The van der Waals surface area contributed by atoms with E-state index in [4.69, 9.17) is 19.9 Å². The van der Waals surface area contributed by atoms with Gasteiger partial charge < -0.3 is 0 Å². The number of benzene rings is 1. The molecule has 0 saturated carbocycles. The fraction of sp³-hybridized carbons (Fsp3) is 0.538. The number of alkyl halides is 1. The van der Waals surface area contributed by atoms with Crippen LogP contribution >= 0.6 is 7.60 Å². The third-order valence-electron chi connectivity index (χ3n) is 2.89. The van der Waals surface area contributed by atoms with E-state index in [0.717, 1.165) is 4.46 Å². The van der Waals surface area contributed by atoms with E-state index in [1.165, 1.54) is 14.2 Å². The summed E-state index contributed by atoms with van der Waals surface area (Å²) in [6.45, 7) is -1.30. The summed E-state index contributed by atoms with van der Waals surface area (Å²) < 4.78 is 54.9. The Morgan fingerprint density at radius 3 is 2.71 bits per heavy atom. The molecule has 0 radical (unpaired) electrons. The van der Waals surface area contributed by atoms with Crippen molar-refractivity contribution in [2.75, 3.05) is 27.2 Å². The van der Waals surface area contributed by atoms with E-state index >= 15 is 0 Å². The summed E-state index contributed by atoms with van der Waals surface area (Å²) in [6, 6.07) is 9.43. The number of ether oxygens (including phenoxy) is 2. The van der Waals surface area contributed by atoms with Gasteiger partial charge in [0, 0.05) is 0 Å². The van der Waals surface area contributed by atoms with Gasteiger partial charge in [0.25, 0.3) is 0 Å². The summed E-state index contributed by atoms with van der Waals surface area (Å²) in [5.74, 6) is 0. The first-order valence-electron chi connectivity index (χ1n) is 6.82. The third-order valence-corrected chi connectivity index (χ3v) is 7.20. The molecule has 118 valence electrons. The van der Waals surface area contributed by atoms with Gasteiger partial charge in [-0.2, -0.15) is 0 Å². The van der Waals surface area contributed by atoms with Gasteiger partial charge in [0.1, 0.15) is 0 Å². The number of rotatable bonds is 7. The van der Waals surface area contributed by atoms with E-state index in [0.29, 0.717) is 0 Å². The number of hydrogen-bond donors (Lipinski definition) is 0. The molecule has 1 fully saturated rings. The zero-order valence-electron chi connectivity index (χ0n) is 12.7. The van der Waals surface area contributed by atoms with E-state index in [-0.39, 0.29) is 21.3 Å². The van der Waals surface area contributed by atoms with Crippen LogP contribution < -0.4 is 4.46 Å². The molecule has 0 aromatic heterocycles. The predicted molar refractivity (Wildman–Crippen MR) is 77.8 cm³/mol. The molecular weight excluding hydrogens is 365 g/mol. The van der Waals surface area contributed by atoms with Gasteiger partial charge >= 0.3 is 131 Å². The van der Waals surface area contributed by atoms with Crippen LogP contribution in [0.15, 0.2) is 30.3 Å². The molecule has 0 spiro atoms. The van der Waals surface area contributed by atoms with Gasteiger partial charge in [-0.1, -0.05) is 0 Å². The van der Waals surface area contributed by atoms with Crippen LogP contribution in [0.3, 0.4) is 0 Å². The number of halogens is 1.